The van der Waals surface area contributed by atoms with E-state index in [1.165, 1.54) is 12.1 Å². The van der Waals surface area contributed by atoms with Gasteiger partial charge in [-0.2, -0.15) is 0 Å². The summed E-state index contributed by atoms with van der Waals surface area (Å²) in [4.78, 5) is -0.225. The Labute approximate surface area is 160 Å². The molecule has 26 heavy (non-hydrogen) atoms. The van der Waals surface area contributed by atoms with Crippen LogP contribution < -0.4 is 14.2 Å². The number of para-hydroxylation sites is 1. The molecule has 0 spiro atoms. The Morgan fingerprint density at radius 3 is 2.54 bits per heavy atom. The largest absolute Gasteiger partial charge is 0.486 e. The molecular formula is C16H16BrNO6S2. The lowest BCUT2D eigenvalue weighted by atomic mass is 10.2. The maximum absolute atomic E-state index is 12.7. The third-order valence-electron chi connectivity index (χ3n) is 3.72. The van der Waals surface area contributed by atoms with Crippen LogP contribution in [0, 0.1) is 0 Å². The number of hydrogen-bond donors (Lipinski definition) is 1. The summed E-state index contributed by atoms with van der Waals surface area (Å²) in [6, 6.07) is 9.10. The lowest BCUT2D eigenvalue weighted by molar-refractivity contribution is 0.170. The Morgan fingerprint density at radius 1 is 1.08 bits per heavy atom. The van der Waals surface area contributed by atoms with Gasteiger partial charge < -0.3 is 9.47 Å². The number of ether oxygens (including phenoxy) is 2. The fourth-order valence-electron chi connectivity index (χ4n) is 2.44. The second-order valence-electron chi connectivity index (χ2n) is 5.63. The van der Waals surface area contributed by atoms with Crippen molar-refractivity contribution in [2.75, 3.05) is 19.5 Å². The zero-order valence-corrected chi connectivity index (χ0v) is 16.9. The molecule has 0 fully saturated rings. The van der Waals surface area contributed by atoms with Crippen molar-refractivity contribution < 1.29 is 26.3 Å². The van der Waals surface area contributed by atoms with Crippen LogP contribution >= 0.6 is 15.9 Å². The van der Waals surface area contributed by atoms with E-state index >= 15 is 0 Å². The number of sulfone groups is 1. The normalized spacial score (nSPS) is 14.2. The van der Waals surface area contributed by atoms with Crippen molar-refractivity contribution in [2.45, 2.75) is 16.3 Å². The first-order valence-electron chi connectivity index (χ1n) is 7.55. The van der Waals surface area contributed by atoms with Gasteiger partial charge in [0.15, 0.2) is 21.3 Å². The first-order valence-corrected chi connectivity index (χ1v) is 11.7. The molecule has 1 N–H and O–H groups in total. The minimum Gasteiger partial charge on any atom is -0.486 e. The molecule has 3 rings (SSSR count). The summed E-state index contributed by atoms with van der Waals surface area (Å²) in [5, 5.41) is 0. The third-order valence-corrected chi connectivity index (χ3v) is 7.23. The molecule has 0 aromatic heterocycles. The number of sulfonamides is 1. The minimum atomic E-state index is -3.96. The number of fused-ring (bicyclic) bond motifs is 1. The molecule has 0 atom stereocenters. The van der Waals surface area contributed by atoms with Gasteiger partial charge in [-0.15, -0.1) is 0 Å². The molecule has 1 aliphatic heterocycles. The van der Waals surface area contributed by atoms with Gasteiger partial charge in [-0.25, -0.2) is 21.6 Å². The molecule has 140 valence electrons. The van der Waals surface area contributed by atoms with Crippen LogP contribution in [-0.2, 0) is 26.4 Å². The van der Waals surface area contributed by atoms with Crippen LogP contribution in [0.4, 0.5) is 0 Å². The van der Waals surface area contributed by atoms with Crippen molar-refractivity contribution in [3.8, 4) is 11.5 Å². The average molecular weight is 462 g/mol. The summed E-state index contributed by atoms with van der Waals surface area (Å²) in [5.74, 6) is 1.07. The van der Waals surface area contributed by atoms with Crippen molar-refractivity contribution >= 4 is 35.8 Å². The van der Waals surface area contributed by atoms with Crippen LogP contribution in [0.3, 0.4) is 0 Å². The smallest absolute Gasteiger partial charge is 0.242 e. The van der Waals surface area contributed by atoms with E-state index in [1.54, 1.807) is 18.2 Å². The molecule has 0 unspecified atom stereocenters. The summed E-state index contributed by atoms with van der Waals surface area (Å²) >= 11 is 3.16. The Morgan fingerprint density at radius 2 is 1.81 bits per heavy atom. The monoisotopic (exact) mass is 461 g/mol. The first kappa shape index (κ1) is 19.2. The Bertz CT molecular complexity index is 1050. The Kier molecular flexibility index (Phi) is 5.29. The van der Waals surface area contributed by atoms with Crippen LogP contribution in [0.2, 0.25) is 0 Å². The van der Waals surface area contributed by atoms with Crippen molar-refractivity contribution in [1.82, 2.24) is 4.72 Å². The van der Waals surface area contributed by atoms with Crippen LogP contribution in [0.15, 0.2) is 50.7 Å². The van der Waals surface area contributed by atoms with E-state index in [0.29, 0.717) is 30.3 Å². The quantitative estimate of drug-likeness (QED) is 0.731. The Balaban J connectivity index is 1.89. The molecule has 1 heterocycles. The van der Waals surface area contributed by atoms with Crippen molar-refractivity contribution in [3.05, 3.63) is 46.4 Å². The first-order chi connectivity index (χ1) is 12.2. The van der Waals surface area contributed by atoms with Gasteiger partial charge in [0.25, 0.3) is 0 Å². The van der Waals surface area contributed by atoms with E-state index in [-0.39, 0.29) is 20.8 Å². The van der Waals surface area contributed by atoms with Gasteiger partial charge in [-0.3, -0.25) is 0 Å². The molecule has 0 radical (unpaired) electrons. The molecule has 10 heteroatoms. The van der Waals surface area contributed by atoms with E-state index in [1.807, 2.05) is 0 Å². The zero-order chi connectivity index (χ0) is 18.9. The van der Waals surface area contributed by atoms with Crippen molar-refractivity contribution in [2.24, 2.45) is 0 Å². The number of halogens is 1. The summed E-state index contributed by atoms with van der Waals surface area (Å²) in [5.41, 5.74) is 0.626. The fraction of sp³-hybridized carbons (Fsp3) is 0.250. The summed E-state index contributed by atoms with van der Waals surface area (Å²) in [7, 11) is -7.49. The molecule has 0 aliphatic carbocycles. The highest BCUT2D eigenvalue weighted by Gasteiger charge is 2.22. The van der Waals surface area contributed by atoms with Gasteiger partial charge in [0, 0.05) is 22.8 Å². The van der Waals surface area contributed by atoms with Crippen LogP contribution in [-0.4, -0.2) is 36.3 Å². The van der Waals surface area contributed by atoms with Crippen molar-refractivity contribution in [1.29, 1.82) is 0 Å². The number of hydrogen-bond acceptors (Lipinski definition) is 6. The van der Waals surface area contributed by atoms with Crippen molar-refractivity contribution in [3.63, 3.8) is 0 Å². The van der Waals surface area contributed by atoms with Gasteiger partial charge in [0.2, 0.25) is 10.0 Å². The number of rotatable bonds is 5. The maximum atomic E-state index is 12.7. The van der Waals surface area contributed by atoms with Crippen LogP contribution in [0.1, 0.15) is 5.56 Å². The molecule has 0 amide bonds. The predicted molar refractivity (Wildman–Crippen MR) is 98.7 cm³/mol. The molecular weight excluding hydrogens is 446 g/mol. The van der Waals surface area contributed by atoms with E-state index in [9.17, 15) is 16.8 Å². The minimum absolute atomic E-state index is 0.0234. The summed E-state index contributed by atoms with van der Waals surface area (Å²) in [6.45, 7) is 0.802. The van der Waals surface area contributed by atoms with E-state index in [0.717, 1.165) is 12.3 Å². The third kappa shape index (κ3) is 4.03. The van der Waals surface area contributed by atoms with Gasteiger partial charge in [0.1, 0.15) is 13.2 Å². The van der Waals surface area contributed by atoms with Crippen LogP contribution in [0.5, 0.6) is 11.5 Å². The highest BCUT2D eigenvalue weighted by atomic mass is 79.9. The molecule has 7 nitrogen and oxygen atoms in total. The van der Waals surface area contributed by atoms with Crippen LogP contribution in [0.25, 0.3) is 0 Å². The lowest BCUT2D eigenvalue weighted by Gasteiger charge is -2.21. The predicted octanol–water partition coefficient (Wildman–Crippen LogP) is 2.10. The number of nitrogens with one attached hydrogen (secondary N) is 1. The summed E-state index contributed by atoms with van der Waals surface area (Å²) < 4.78 is 62.5. The topological polar surface area (TPSA) is 98.8 Å². The molecule has 0 saturated heterocycles. The van der Waals surface area contributed by atoms with E-state index < -0.39 is 19.9 Å². The van der Waals surface area contributed by atoms with Gasteiger partial charge >= 0.3 is 0 Å². The second-order valence-corrected chi connectivity index (χ2v) is 10.2. The highest BCUT2D eigenvalue weighted by molar-refractivity contribution is 9.10. The maximum Gasteiger partial charge on any atom is 0.242 e. The molecule has 0 bridgehead atoms. The SMILES string of the molecule is CS(=O)(=O)c1ccc(Br)c(S(=O)(=O)NCc2cccc3c2OCCO3)c1. The van der Waals surface area contributed by atoms with Gasteiger partial charge in [-0.1, -0.05) is 12.1 Å². The molecule has 0 saturated carbocycles. The highest BCUT2D eigenvalue weighted by Crippen LogP contribution is 2.34. The molecule has 1 aliphatic rings. The summed E-state index contributed by atoms with van der Waals surface area (Å²) in [6.07, 6.45) is 1.02. The zero-order valence-electron chi connectivity index (χ0n) is 13.7. The van der Waals surface area contributed by atoms with E-state index in [4.69, 9.17) is 9.47 Å². The average Bonchev–Trinajstić information content (AvgIpc) is 2.59. The number of benzene rings is 2. The second kappa shape index (κ2) is 7.18. The fourth-order valence-corrected chi connectivity index (χ4v) is 5.16. The molecule has 2 aromatic rings. The molecule has 2 aromatic carbocycles. The lowest BCUT2D eigenvalue weighted by Crippen LogP contribution is -2.25. The van der Waals surface area contributed by atoms with Gasteiger partial charge in [0.05, 0.1) is 9.79 Å². The standard InChI is InChI=1S/C16H16BrNO6S2/c1-25(19,20)12-5-6-13(17)15(9-12)26(21,22)18-10-11-3-2-4-14-16(11)24-8-7-23-14/h2-6,9,18H,7-8,10H2,1H3. The van der Waals surface area contributed by atoms with Gasteiger partial charge in [-0.05, 0) is 40.2 Å². The van der Waals surface area contributed by atoms with E-state index in [2.05, 4.69) is 20.7 Å². The Hall–Kier alpha value is -1.62.